The van der Waals surface area contributed by atoms with Crippen molar-refractivity contribution >= 4 is 5.69 Å². The molecule has 2 heterocycles. The Bertz CT molecular complexity index is 544. The van der Waals surface area contributed by atoms with Crippen LogP contribution in [0.25, 0.3) is 11.1 Å². The molecule has 0 radical (unpaired) electrons. The van der Waals surface area contributed by atoms with Gasteiger partial charge in [0.25, 0.3) is 0 Å². The minimum Gasteiger partial charge on any atom is -0.398 e. The van der Waals surface area contributed by atoms with E-state index in [1.54, 1.807) is 0 Å². The molecule has 2 N–H and O–H groups in total. The highest BCUT2D eigenvalue weighted by Crippen LogP contribution is 2.25. The van der Waals surface area contributed by atoms with E-state index in [9.17, 15) is 0 Å². The van der Waals surface area contributed by atoms with Gasteiger partial charge in [-0.25, -0.2) is 0 Å². The number of nitrogens with zero attached hydrogens (tertiary/aromatic N) is 2. The SMILES string of the molecule is Nc1ccccc1-c1cnn(CCC2CCCO2)c1. The number of nitrogen functional groups attached to an aromatic ring is 1. The largest absolute Gasteiger partial charge is 0.398 e. The average Bonchev–Trinajstić information content (AvgIpc) is 3.08. The fourth-order valence-corrected chi connectivity index (χ4v) is 2.53. The predicted octanol–water partition coefficient (Wildman–Crippen LogP) is 2.70. The van der Waals surface area contributed by atoms with Crippen LogP contribution in [0.15, 0.2) is 36.7 Å². The van der Waals surface area contributed by atoms with Gasteiger partial charge < -0.3 is 10.5 Å². The third-order valence-electron chi connectivity index (χ3n) is 3.61. The normalized spacial score (nSPS) is 18.8. The number of hydrogen-bond donors (Lipinski definition) is 1. The van der Waals surface area contributed by atoms with Gasteiger partial charge >= 0.3 is 0 Å². The lowest BCUT2D eigenvalue weighted by molar-refractivity contribution is 0.0994. The Morgan fingerprint density at radius 2 is 2.26 bits per heavy atom. The van der Waals surface area contributed by atoms with E-state index in [1.807, 2.05) is 35.1 Å². The molecule has 100 valence electrons. The lowest BCUT2D eigenvalue weighted by Gasteiger charge is -2.08. The van der Waals surface area contributed by atoms with Crippen molar-refractivity contribution in [2.45, 2.75) is 31.9 Å². The summed E-state index contributed by atoms with van der Waals surface area (Å²) in [5.41, 5.74) is 8.89. The second-order valence-electron chi connectivity index (χ2n) is 5.00. The number of aromatic nitrogens is 2. The molecule has 1 atom stereocenters. The van der Waals surface area contributed by atoms with Gasteiger partial charge in [-0.05, 0) is 25.3 Å². The van der Waals surface area contributed by atoms with Crippen molar-refractivity contribution in [3.63, 3.8) is 0 Å². The molecule has 0 bridgehead atoms. The molecule has 1 saturated heterocycles. The molecule has 0 spiro atoms. The molecule has 4 nitrogen and oxygen atoms in total. The van der Waals surface area contributed by atoms with Gasteiger partial charge in [0.15, 0.2) is 0 Å². The Balaban J connectivity index is 1.67. The molecule has 2 aromatic rings. The van der Waals surface area contributed by atoms with Crippen molar-refractivity contribution in [2.75, 3.05) is 12.3 Å². The maximum absolute atomic E-state index is 5.98. The number of ether oxygens (including phenoxy) is 1. The summed E-state index contributed by atoms with van der Waals surface area (Å²) in [6.07, 6.45) is 7.75. The number of anilines is 1. The first kappa shape index (κ1) is 12.2. The molecular weight excluding hydrogens is 238 g/mol. The van der Waals surface area contributed by atoms with Crippen molar-refractivity contribution in [3.8, 4) is 11.1 Å². The molecule has 19 heavy (non-hydrogen) atoms. The van der Waals surface area contributed by atoms with Gasteiger partial charge in [0.05, 0.1) is 12.3 Å². The highest BCUT2D eigenvalue weighted by atomic mass is 16.5. The lowest BCUT2D eigenvalue weighted by atomic mass is 10.1. The third kappa shape index (κ3) is 2.79. The summed E-state index contributed by atoms with van der Waals surface area (Å²) in [6.45, 7) is 1.81. The standard InChI is InChI=1S/C15H19N3O/c16-15-6-2-1-5-14(15)12-10-17-18(11-12)8-7-13-4-3-9-19-13/h1-2,5-6,10-11,13H,3-4,7-9,16H2. The highest BCUT2D eigenvalue weighted by Gasteiger charge is 2.15. The zero-order chi connectivity index (χ0) is 13.1. The zero-order valence-electron chi connectivity index (χ0n) is 11.0. The van der Waals surface area contributed by atoms with Crippen LogP contribution in [-0.4, -0.2) is 22.5 Å². The van der Waals surface area contributed by atoms with Crippen molar-refractivity contribution in [3.05, 3.63) is 36.7 Å². The van der Waals surface area contributed by atoms with Gasteiger partial charge in [0.2, 0.25) is 0 Å². The number of para-hydroxylation sites is 1. The van der Waals surface area contributed by atoms with Gasteiger partial charge in [-0.1, -0.05) is 18.2 Å². The molecule has 1 aromatic carbocycles. The number of aryl methyl sites for hydroxylation is 1. The second-order valence-corrected chi connectivity index (χ2v) is 5.00. The van der Waals surface area contributed by atoms with Crippen LogP contribution < -0.4 is 5.73 Å². The molecule has 1 aromatic heterocycles. The van der Waals surface area contributed by atoms with Crippen LogP contribution in [0.5, 0.6) is 0 Å². The fourth-order valence-electron chi connectivity index (χ4n) is 2.53. The van der Waals surface area contributed by atoms with Crippen LogP contribution in [0.3, 0.4) is 0 Å². The van der Waals surface area contributed by atoms with Crippen LogP contribution in [-0.2, 0) is 11.3 Å². The summed E-state index contributed by atoms with van der Waals surface area (Å²) < 4.78 is 7.60. The quantitative estimate of drug-likeness (QED) is 0.857. The average molecular weight is 257 g/mol. The summed E-state index contributed by atoms with van der Waals surface area (Å²) in [5.74, 6) is 0. The van der Waals surface area contributed by atoms with E-state index in [-0.39, 0.29) is 0 Å². The van der Waals surface area contributed by atoms with Crippen LogP contribution >= 0.6 is 0 Å². The van der Waals surface area contributed by atoms with Gasteiger partial charge in [-0.3, -0.25) is 4.68 Å². The van der Waals surface area contributed by atoms with Gasteiger partial charge in [-0.2, -0.15) is 5.10 Å². The number of benzene rings is 1. The maximum Gasteiger partial charge on any atom is 0.0593 e. The predicted molar refractivity (Wildman–Crippen MR) is 75.7 cm³/mol. The van der Waals surface area contributed by atoms with Crippen LogP contribution in [0.1, 0.15) is 19.3 Å². The van der Waals surface area contributed by atoms with Crippen molar-refractivity contribution in [1.29, 1.82) is 0 Å². The molecule has 0 amide bonds. The first-order chi connectivity index (χ1) is 9.33. The minimum absolute atomic E-state index is 0.412. The van der Waals surface area contributed by atoms with Crippen molar-refractivity contribution in [2.24, 2.45) is 0 Å². The molecule has 1 aliphatic heterocycles. The Hall–Kier alpha value is -1.81. The summed E-state index contributed by atoms with van der Waals surface area (Å²) in [6, 6.07) is 7.88. The van der Waals surface area contributed by atoms with E-state index in [2.05, 4.69) is 11.3 Å². The second kappa shape index (κ2) is 5.45. The van der Waals surface area contributed by atoms with Gasteiger partial charge in [0.1, 0.15) is 0 Å². The molecule has 1 fully saturated rings. The Morgan fingerprint density at radius 1 is 1.37 bits per heavy atom. The number of rotatable bonds is 4. The highest BCUT2D eigenvalue weighted by molar-refractivity contribution is 5.75. The van der Waals surface area contributed by atoms with Gasteiger partial charge in [0, 0.05) is 36.2 Å². The first-order valence-corrected chi connectivity index (χ1v) is 6.82. The maximum atomic E-state index is 5.98. The van der Waals surface area contributed by atoms with Gasteiger partial charge in [-0.15, -0.1) is 0 Å². The number of hydrogen-bond acceptors (Lipinski definition) is 3. The summed E-state index contributed by atoms with van der Waals surface area (Å²) in [4.78, 5) is 0. The van der Waals surface area contributed by atoms with E-state index in [0.29, 0.717) is 6.10 Å². The first-order valence-electron chi connectivity index (χ1n) is 6.82. The molecule has 1 unspecified atom stereocenters. The molecular formula is C15H19N3O. The molecule has 1 aliphatic rings. The zero-order valence-corrected chi connectivity index (χ0v) is 11.0. The smallest absolute Gasteiger partial charge is 0.0593 e. The summed E-state index contributed by atoms with van der Waals surface area (Å²) >= 11 is 0. The van der Waals surface area contributed by atoms with Crippen molar-refractivity contribution < 1.29 is 4.74 Å². The van der Waals surface area contributed by atoms with Crippen molar-refractivity contribution in [1.82, 2.24) is 9.78 Å². The minimum atomic E-state index is 0.412. The Morgan fingerprint density at radius 3 is 3.05 bits per heavy atom. The Kier molecular flexibility index (Phi) is 3.51. The molecule has 3 rings (SSSR count). The third-order valence-corrected chi connectivity index (χ3v) is 3.61. The molecule has 4 heteroatoms. The van der Waals surface area contributed by atoms with Crippen LogP contribution in [0, 0.1) is 0 Å². The molecule has 0 saturated carbocycles. The van der Waals surface area contributed by atoms with E-state index < -0.39 is 0 Å². The van der Waals surface area contributed by atoms with Crippen LogP contribution in [0.4, 0.5) is 5.69 Å². The topological polar surface area (TPSA) is 53.1 Å². The summed E-state index contributed by atoms with van der Waals surface area (Å²) in [7, 11) is 0. The lowest BCUT2D eigenvalue weighted by Crippen LogP contribution is -2.10. The van der Waals surface area contributed by atoms with E-state index in [1.165, 1.54) is 12.8 Å². The summed E-state index contributed by atoms with van der Waals surface area (Å²) in [5, 5.41) is 4.40. The van der Waals surface area contributed by atoms with E-state index in [0.717, 1.165) is 36.4 Å². The van der Waals surface area contributed by atoms with E-state index >= 15 is 0 Å². The Labute approximate surface area is 113 Å². The monoisotopic (exact) mass is 257 g/mol. The molecule has 0 aliphatic carbocycles. The van der Waals surface area contributed by atoms with Crippen LogP contribution in [0.2, 0.25) is 0 Å². The fraction of sp³-hybridized carbons (Fsp3) is 0.400. The van der Waals surface area contributed by atoms with E-state index in [4.69, 9.17) is 10.5 Å². The number of nitrogens with two attached hydrogens (primary N) is 1.